The number of methoxy groups -OCH3 is 1. The average molecular weight is 317 g/mol. The van der Waals surface area contributed by atoms with Crippen molar-refractivity contribution in [3.05, 3.63) is 35.6 Å². The van der Waals surface area contributed by atoms with Crippen LogP contribution in [0.25, 0.3) is 11.0 Å². The van der Waals surface area contributed by atoms with Gasteiger partial charge in [-0.1, -0.05) is 18.2 Å². The number of carbonyl (C=O) groups is 2. The number of carbonyl (C=O) groups excluding carboxylic acids is 1. The van der Waals surface area contributed by atoms with Gasteiger partial charge in [0, 0.05) is 25.1 Å². The number of rotatable bonds is 4. The van der Waals surface area contributed by atoms with E-state index in [1.807, 2.05) is 25.1 Å². The number of benzene rings is 1. The van der Waals surface area contributed by atoms with Crippen LogP contribution in [-0.2, 0) is 9.53 Å². The number of hydrogen-bond acceptors (Lipinski definition) is 4. The molecule has 23 heavy (non-hydrogen) atoms. The molecule has 122 valence electrons. The third-order valence-electron chi connectivity index (χ3n) is 4.33. The maximum atomic E-state index is 12.8. The van der Waals surface area contributed by atoms with E-state index in [0.717, 1.165) is 10.9 Å². The Kier molecular flexibility index (Phi) is 4.09. The molecule has 2 unspecified atom stereocenters. The number of amides is 1. The van der Waals surface area contributed by atoms with E-state index in [1.165, 1.54) is 0 Å². The third kappa shape index (κ3) is 2.94. The fourth-order valence-corrected chi connectivity index (χ4v) is 3.14. The summed E-state index contributed by atoms with van der Waals surface area (Å²) in [5.74, 6) is -0.974. The van der Waals surface area contributed by atoms with Crippen LogP contribution >= 0.6 is 0 Å². The molecule has 3 rings (SSSR count). The van der Waals surface area contributed by atoms with Crippen molar-refractivity contribution in [2.75, 3.05) is 13.7 Å². The van der Waals surface area contributed by atoms with E-state index in [-0.39, 0.29) is 30.2 Å². The zero-order valence-electron chi connectivity index (χ0n) is 13.1. The van der Waals surface area contributed by atoms with Crippen LogP contribution in [0.4, 0.5) is 0 Å². The Hall–Kier alpha value is -2.34. The monoisotopic (exact) mass is 317 g/mol. The van der Waals surface area contributed by atoms with Crippen molar-refractivity contribution in [3.8, 4) is 0 Å². The van der Waals surface area contributed by atoms with Gasteiger partial charge in [0.1, 0.15) is 5.58 Å². The van der Waals surface area contributed by atoms with Crippen molar-refractivity contribution < 1.29 is 23.8 Å². The number of nitrogens with zero attached hydrogens (tertiary/aromatic N) is 1. The van der Waals surface area contributed by atoms with Crippen LogP contribution in [0.1, 0.15) is 29.0 Å². The van der Waals surface area contributed by atoms with E-state index in [4.69, 9.17) is 14.3 Å². The molecule has 2 atom stereocenters. The molecular weight excluding hydrogens is 298 g/mol. The van der Waals surface area contributed by atoms with Crippen LogP contribution in [-0.4, -0.2) is 47.7 Å². The molecule has 1 saturated heterocycles. The fourth-order valence-electron chi connectivity index (χ4n) is 3.14. The van der Waals surface area contributed by atoms with E-state index in [2.05, 4.69) is 0 Å². The van der Waals surface area contributed by atoms with Crippen molar-refractivity contribution in [1.82, 2.24) is 4.90 Å². The molecule has 0 spiro atoms. The molecule has 1 aliphatic heterocycles. The molecule has 2 heterocycles. The number of aliphatic carboxylic acids is 1. The molecule has 1 aliphatic rings. The van der Waals surface area contributed by atoms with Gasteiger partial charge >= 0.3 is 5.97 Å². The van der Waals surface area contributed by atoms with Crippen LogP contribution < -0.4 is 0 Å². The van der Waals surface area contributed by atoms with Crippen molar-refractivity contribution in [3.63, 3.8) is 0 Å². The molecule has 1 fully saturated rings. The van der Waals surface area contributed by atoms with E-state index < -0.39 is 5.97 Å². The van der Waals surface area contributed by atoms with Gasteiger partial charge in [-0.15, -0.1) is 0 Å². The highest BCUT2D eigenvalue weighted by molar-refractivity contribution is 5.97. The van der Waals surface area contributed by atoms with E-state index in [1.54, 1.807) is 18.1 Å². The maximum absolute atomic E-state index is 12.8. The Morgan fingerprint density at radius 3 is 2.87 bits per heavy atom. The van der Waals surface area contributed by atoms with E-state index >= 15 is 0 Å². The van der Waals surface area contributed by atoms with Crippen LogP contribution in [0.3, 0.4) is 0 Å². The number of hydrogen-bond donors (Lipinski definition) is 1. The van der Waals surface area contributed by atoms with Crippen molar-refractivity contribution >= 4 is 22.8 Å². The molecule has 6 nitrogen and oxygen atoms in total. The van der Waals surface area contributed by atoms with Crippen LogP contribution in [0, 0.1) is 6.92 Å². The second-order valence-electron chi connectivity index (χ2n) is 5.91. The molecule has 0 radical (unpaired) electrons. The first-order valence-electron chi connectivity index (χ1n) is 7.54. The van der Waals surface area contributed by atoms with Gasteiger partial charge in [0.15, 0.2) is 5.76 Å². The lowest BCUT2D eigenvalue weighted by Crippen LogP contribution is -2.37. The highest BCUT2D eigenvalue weighted by Gasteiger charge is 2.38. The molecule has 1 aromatic heterocycles. The Morgan fingerprint density at radius 1 is 1.43 bits per heavy atom. The Bertz CT molecular complexity index is 751. The maximum Gasteiger partial charge on any atom is 0.305 e. The SMILES string of the molecule is COC1CC(CC(=O)O)N(C(=O)c2cc3cccc(C)c3o2)C1. The zero-order valence-corrected chi connectivity index (χ0v) is 13.1. The minimum absolute atomic E-state index is 0.0924. The summed E-state index contributed by atoms with van der Waals surface area (Å²) in [5.41, 5.74) is 1.65. The summed E-state index contributed by atoms with van der Waals surface area (Å²) < 4.78 is 11.0. The fraction of sp³-hybridized carbons (Fsp3) is 0.412. The Morgan fingerprint density at radius 2 is 2.22 bits per heavy atom. The number of aryl methyl sites for hydroxylation is 1. The lowest BCUT2D eigenvalue weighted by molar-refractivity contribution is -0.138. The number of furan rings is 1. The molecule has 1 aromatic carbocycles. The number of carboxylic acid groups (broad SMARTS) is 1. The minimum Gasteiger partial charge on any atom is -0.481 e. The topological polar surface area (TPSA) is 80.0 Å². The normalized spacial score (nSPS) is 21.0. The lowest BCUT2D eigenvalue weighted by Gasteiger charge is -2.21. The molecular formula is C17H19NO5. The number of fused-ring (bicyclic) bond motifs is 1. The molecule has 6 heteroatoms. The number of carboxylic acids is 1. The summed E-state index contributed by atoms with van der Waals surface area (Å²) in [6, 6.07) is 7.05. The third-order valence-corrected chi connectivity index (χ3v) is 4.33. The molecule has 0 bridgehead atoms. The minimum atomic E-state index is -0.926. The van der Waals surface area contributed by atoms with Gasteiger partial charge in [0.2, 0.25) is 0 Å². The van der Waals surface area contributed by atoms with Gasteiger partial charge < -0.3 is 19.2 Å². The average Bonchev–Trinajstić information content (AvgIpc) is 3.10. The standard InChI is InChI=1S/C17H19NO5/c1-10-4-3-5-11-6-14(23-16(10)11)17(21)18-9-13(22-2)7-12(18)8-15(19)20/h3-6,12-13H,7-9H2,1-2H3,(H,19,20). The predicted octanol–water partition coefficient (Wildman–Crippen LogP) is 2.45. The number of likely N-dealkylation sites (tertiary alicyclic amines) is 1. The predicted molar refractivity (Wildman–Crippen MR) is 83.4 cm³/mol. The molecule has 1 amide bonds. The lowest BCUT2D eigenvalue weighted by atomic mass is 10.1. The van der Waals surface area contributed by atoms with Crippen molar-refractivity contribution in [2.24, 2.45) is 0 Å². The summed E-state index contributed by atoms with van der Waals surface area (Å²) in [7, 11) is 1.57. The first-order chi connectivity index (χ1) is 11.0. The molecule has 2 aromatic rings. The second kappa shape index (κ2) is 6.04. The van der Waals surface area contributed by atoms with E-state index in [9.17, 15) is 9.59 Å². The van der Waals surface area contributed by atoms with Crippen LogP contribution in [0.5, 0.6) is 0 Å². The first kappa shape index (κ1) is 15.6. The van der Waals surface area contributed by atoms with Gasteiger partial charge in [-0.2, -0.15) is 0 Å². The molecule has 0 aliphatic carbocycles. The highest BCUT2D eigenvalue weighted by atomic mass is 16.5. The number of para-hydroxylation sites is 1. The van der Waals surface area contributed by atoms with Crippen molar-refractivity contribution in [2.45, 2.75) is 31.9 Å². The second-order valence-corrected chi connectivity index (χ2v) is 5.91. The molecule has 1 N–H and O–H groups in total. The summed E-state index contributed by atoms with van der Waals surface area (Å²) in [5, 5.41) is 9.92. The molecule has 0 saturated carbocycles. The summed E-state index contributed by atoms with van der Waals surface area (Å²) in [6.07, 6.45) is 0.285. The summed E-state index contributed by atoms with van der Waals surface area (Å²) >= 11 is 0. The Labute approximate surface area is 133 Å². The van der Waals surface area contributed by atoms with Gasteiger partial charge in [-0.25, -0.2) is 0 Å². The quantitative estimate of drug-likeness (QED) is 0.937. The Balaban J connectivity index is 1.90. The smallest absolute Gasteiger partial charge is 0.305 e. The number of ether oxygens (including phenoxy) is 1. The summed E-state index contributed by atoms with van der Waals surface area (Å²) in [4.78, 5) is 25.4. The van der Waals surface area contributed by atoms with Crippen LogP contribution in [0.15, 0.2) is 28.7 Å². The van der Waals surface area contributed by atoms with Gasteiger partial charge in [-0.3, -0.25) is 9.59 Å². The van der Waals surface area contributed by atoms with Gasteiger partial charge in [0.25, 0.3) is 5.91 Å². The van der Waals surface area contributed by atoms with Crippen molar-refractivity contribution in [1.29, 1.82) is 0 Å². The highest BCUT2D eigenvalue weighted by Crippen LogP contribution is 2.28. The van der Waals surface area contributed by atoms with Gasteiger partial charge in [0.05, 0.1) is 12.5 Å². The first-order valence-corrected chi connectivity index (χ1v) is 7.54. The van der Waals surface area contributed by atoms with E-state index in [0.29, 0.717) is 18.5 Å². The van der Waals surface area contributed by atoms with Crippen LogP contribution in [0.2, 0.25) is 0 Å². The zero-order chi connectivity index (χ0) is 16.6. The largest absolute Gasteiger partial charge is 0.481 e. The summed E-state index contributed by atoms with van der Waals surface area (Å²) in [6.45, 7) is 2.30. The van der Waals surface area contributed by atoms with Gasteiger partial charge in [-0.05, 0) is 25.0 Å².